The molecule has 2 aromatic heterocycles. The van der Waals surface area contributed by atoms with E-state index in [1.807, 2.05) is 0 Å². The van der Waals surface area contributed by atoms with Gasteiger partial charge < -0.3 is 9.63 Å². The Morgan fingerprint density at radius 3 is 2.83 bits per heavy atom. The summed E-state index contributed by atoms with van der Waals surface area (Å²) in [6, 6.07) is 0.517. The van der Waals surface area contributed by atoms with E-state index in [0.717, 1.165) is 0 Å². The van der Waals surface area contributed by atoms with E-state index in [1.165, 1.54) is 32.1 Å². The Hall–Kier alpha value is -1.86. The molecular formula is C16H21N5O2. The molecule has 4 rings (SSSR count). The van der Waals surface area contributed by atoms with Crippen LogP contribution in [-0.2, 0) is 0 Å². The lowest BCUT2D eigenvalue weighted by Gasteiger charge is -2.33. The molecule has 7 nitrogen and oxygen atoms in total. The Morgan fingerprint density at radius 2 is 2.04 bits per heavy atom. The van der Waals surface area contributed by atoms with E-state index in [9.17, 15) is 5.11 Å². The van der Waals surface area contributed by atoms with Gasteiger partial charge in [0, 0.05) is 25.0 Å². The number of hydrogen-bond acceptors (Lipinski definition) is 7. The van der Waals surface area contributed by atoms with E-state index in [1.54, 1.807) is 18.6 Å². The minimum atomic E-state index is -0.325. The molecule has 3 heterocycles. The number of nitrogens with zero attached hydrogens (tertiary/aromatic N) is 5. The topological polar surface area (TPSA) is 88.2 Å². The fourth-order valence-corrected chi connectivity index (χ4v) is 3.79. The molecule has 0 amide bonds. The first-order valence-corrected chi connectivity index (χ1v) is 8.35. The molecule has 0 aromatic carbocycles. The quantitative estimate of drug-likeness (QED) is 0.926. The normalized spacial score (nSPS) is 26.7. The minimum Gasteiger partial charge on any atom is -0.392 e. The molecule has 0 bridgehead atoms. The zero-order valence-corrected chi connectivity index (χ0v) is 13.0. The average Bonchev–Trinajstić information content (AvgIpc) is 3.23. The van der Waals surface area contributed by atoms with Crippen LogP contribution in [0.1, 0.15) is 50.5 Å². The third-order valence-corrected chi connectivity index (χ3v) is 4.88. The van der Waals surface area contributed by atoms with Gasteiger partial charge in [0.1, 0.15) is 5.69 Å². The summed E-state index contributed by atoms with van der Waals surface area (Å²) < 4.78 is 5.49. The highest BCUT2D eigenvalue weighted by Gasteiger charge is 2.39. The van der Waals surface area contributed by atoms with Crippen LogP contribution >= 0.6 is 0 Å². The van der Waals surface area contributed by atoms with E-state index in [4.69, 9.17) is 4.52 Å². The SMILES string of the molecule is OC1CC(c2nc(-c3cnccn3)no2)N(C2CCCCC2)C1. The zero-order chi connectivity index (χ0) is 15.6. The van der Waals surface area contributed by atoms with E-state index < -0.39 is 0 Å². The van der Waals surface area contributed by atoms with Crippen LogP contribution in [-0.4, -0.2) is 48.8 Å². The lowest BCUT2D eigenvalue weighted by atomic mass is 9.94. The molecule has 122 valence electrons. The number of likely N-dealkylation sites (tertiary alicyclic amines) is 1. The molecule has 1 saturated carbocycles. The van der Waals surface area contributed by atoms with Crippen LogP contribution < -0.4 is 0 Å². The molecule has 2 aliphatic rings. The Bertz CT molecular complexity index is 641. The number of aromatic nitrogens is 4. The predicted molar refractivity (Wildman–Crippen MR) is 82.3 cm³/mol. The van der Waals surface area contributed by atoms with Crippen molar-refractivity contribution in [3.05, 3.63) is 24.5 Å². The molecule has 2 atom stereocenters. The van der Waals surface area contributed by atoms with Crippen molar-refractivity contribution in [1.29, 1.82) is 0 Å². The lowest BCUT2D eigenvalue weighted by Crippen LogP contribution is -2.37. The highest BCUT2D eigenvalue weighted by Crippen LogP contribution is 2.37. The number of β-amino-alcohol motifs (C(OH)–C–C–N with tert-alkyl or cyclic N) is 1. The molecule has 0 radical (unpaired) electrons. The van der Waals surface area contributed by atoms with Crippen molar-refractivity contribution in [1.82, 2.24) is 25.0 Å². The number of aliphatic hydroxyl groups excluding tert-OH is 1. The average molecular weight is 315 g/mol. The van der Waals surface area contributed by atoms with Crippen molar-refractivity contribution in [2.45, 2.75) is 56.7 Å². The molecule has 1 N–H and O–H groups in total. The fraction of sp³-hybridized carbons (Fsp3) is 0.625. The van der Waals surface area contributed by atoms with Gasteiger partial charge >= 0.3 is 0 Å². The van der Waals surface area contributed by atoms with Gasteiger partial charge in [-0.05, 0) is 19.3 Å². The van der Waals surface area contributed by atoms with Gasteiger partial charge in [-0.15, -0.1) is 0 Å². The van der Waals surface area contributed by atoms with Crippen molar-refractivity contribution in [3.63, 3.8) is 0 Å². The third-order valence-electron chi connectivity index (χ3n) is 4.88. The van der Waals surface area contributed by atoms with Gasteiger partial charge in [0.2, 0.25) is 11.7 Å². The number of aliphatic hydroxyl groups is 1. The largest absolute Gasteiger partial charge is 0.392 e. The van der Waals surface area contributed by atoms with Crippen molar-refractivity contribution < 1.29 is 9.63 Å². The van der Waals surface area contributed by atoms with Crippen molar-refractivity contribution >= 4 is 0 Å². The highest BCUT2D eigenvalue weighted by molar-refractivity contribution is 5.45. The maximum Gasteiger partial charge on any atom is 0.244 e. The van der Waals surface area contributed by atoms with Gasteiger partial charge in [0.05, 0.1) is 18.3 Å². The van der Waals surface area contributed by atoms with Gasteiger partial charge in [0.25, 0.3) is 0 Å². The summed E-state index contributed by atoms with van der Waals surface area (Å²) in [6.45, 7) is 0.693. The second-order valence-corrected chi connectivity index (χ2v) is 6.44. The monoisotopic (exact) mass is 315 g/mol. The van der Waals surface area contributed by atoms with Crippen molar-refractivity contribution in [2.24, 2.45) is 0 Å². The molecule has 0 spiro atoms. The molecule has 2 fully saturated rings. The Morgan fingerprint density at radius 1 is 1.17 bits per heavy atom. The predicted octanol–water partition coefficient (Wildman–Crippen LogP) is 1.97. The Balaban J connectivity index is 1.57. The number of hydrogen-bond donors (Lipinski definition) is 1. The zero-order valence-electron chi connectivity index (χ0n) is 13.0. The van der Waals surface area contributed by atoms with Crippen LogP contribution in [0.15, 0.2) is 23.1 Å². The van der Waals surface area contributed by atoms with Gasteiger partial charge in [-0.1, -0.05) is 24.4 Å². The van der Waals surface area contributed by atoms with E-state index in [-0.39, 0.29) is 12.1 Å². The second kappa shape index (κ2) is 6.33. The first-order valence-electron chi connectivity index (χ1n) is 8.35. The van der Waals surface area contributed by atoms with Gasteiger partial charge in [0.15, 0.2) is 0 Å². The number of rotatable bonds is 3. The smallest absolute Gasteiger partial charge is 0.244 e. The summed E-state index contributed by atoms with van der Waals surface area (Å²) in [5.74, 6) is 1.03. The Labute approximate surface area is 134 Å². The van der Waals surface area contributed by atoms with Crippen LogP contribution in [0.2, 0.25) is 0 Å². The maximum atomic E-state index is 10.1. The van der Waals surface area contributed by atoms with Gasteiger partial charge in [-0.3, -0.25) is 9.88 Å². The summed E-state index contributed by atoms with van der Waals surface area (Å²) in [7, 11) is 0. The summed E-state index contributed by atoms with van der Waals surface area (Å²) in [5.41, 5.74) is 0.602. The van der Waals surface area contributed by atoms with E-state index >= 15 is 0 Å². The molecule has 2 unspecified atom stereocenters. The first kappa shape index (κ1) is 14.7. The molecule has 1 aliphatic heterocycles. The van der Waals surface area contributed by atoms with Gasteiger partial charge in [-0.2, -0.15) is 4.98 Å². The molecular weight excluding hydrogens is 294 g/mol. The molecule has 23 heavy (non-hydrogen) atoms. The summed E-state index contributed by atoms with van der Waals surface area (Å²) in [5, 5.41) is 14.2. The second-order valence-electron chi connectivity index (χ2n) is 6.44. The van der Waals surface area contributed by atoms with E-state index in [2.05, 4.69) is 25.0 Å². The standard InChI is InChI=1S/C16H21N5O2/c22-12-8-14(21(10-12)11-4-2-1-3-5-11)16-19-15(20-23-16)13-9-17-6-7-18-13/h6-7,9,11-12,14,22H,1-5,8,10H2. The summed E-state index contributed by atoms with van der Waals surface area (Å²) in [4.78, 5) is 15.1. The first-order chi connectivity index (χ1) is 11.3. The summed E-state index contributed by atoms with van der Waals surface area (Å²) >= 11 is 0. The molecule has 1 aliphatic carbocycles. The molecule has 1 saturated heterocycles. The minimum absolute atomic E-state index is 0.00558. The summed E-state index contributed by atoms with van der Waals surface area (Å²) in [6.07, 6.45) is 11.4. The van der Waals surface area contributed by atoms with E-state index in [0.29, 0.717) is 36.4 Å². The lowest BCUT2D eigenvalue weighted by molar-refractivity contribution is 0.110. The van der Waals surface area contributed by atoms with Crippen LogP contribution in [0.3, 0.4) is 0 Å². The van der Waals surface area contributed by atoms with Crippen molar-refractivity contribution in [3.8, 4) is 11.5 Å². The molecule has 7 heteroatoms. The van der Waals surface area contributed by atoms with Crippen LogP contribution in [0.25, 0.3) is 11.5 Å². The van der Waals surface area contributed by atoms with Gasteiger partial charge in [-0.25, -0.2) is 4.98 Å². The molecule has 2 aromatic rings. The fourth-order valence-electron chi connectivity index (χ4n) is 3.79. The third kappa shape index (κ3) is 2.98. The van der Waals surface area contributed by atoms with Crippen LogP contribution in [0.5, 0.6) is 0 Å². The highest BCUT2D eigenvalue weighted by atomic mass is 16.5. The maximum absolute atomic E-state index is 10.1. The Kier molecular flexibility index (Phi) is 4.05. The van der Waals surface area contributed by atoms with Crippen LogP contribution in [0, 0.1) is 0 Å². The van der Waals surface area contributed by atoms with Crippen molar-refractivity contribution in [2.75, 3.05) is 6.54 Å². The van der Waals surface area contributed by atoms with Crippen LogP contribution in [0.4, 0.5) is 0 Å².